The molecule has 0 bridgehead atoms. The van der Waals surface area contributed by atoms with Crippen LogP contribution in [0.2, 0.25) is 19.6 Å². The highest BCUT2D eigenvalue weighted by molar-refractivity contribution is 6.84. The van der Waals surface area contributed by atoms with Crippen molar-refractivity contribution in [1.82, 2.24) is 0 Å². The molecule has 3 heteroatoms. The minimum atomic E-state index is -1.71. The summed E-state index contributed by atoms with van der Waals surface area (Å²) >= 11 is 0. The molecule has 0 amide bonds. The quantitative estimate of drug-likeness (QED) is 0.507. The Morgan fingerprint density at radius 2 is 1.62 bits per heavy atom. The summed E-state index contributed by atoms with van der Waals surface area (Å²) in [5.74, 6) is 2.62. The summed E-state index contributed by atoms with van der Waals surface area (Å²) in [6.45, 7) is 6.08. The average Bonchev–Trinajstić information content (AvgIpc) is 2.17. The van der Waals surface area contributed by atoms with Gasteiger partial charge in [-0.2, -0.15) is 8.78 Å². The zero-order valence-corrected chi connectivity index (χ0v) is 10.6. The Labute approximate surface area is 96.0 Å². The molecule has 0 unspecified atom stereocenters. The van der Waals surface area contributed by atoms with Crippen molar-refractivity contribution < 1.29 is 8.78 Å². The maximum absolute atomic E-state index is 12.8. The number of hydrogen-bond acceptors (Lipinski definition) is 0. The zero-order chi connectivity index (χ0) is 12.2. The molecule has 0 radical (unpaired) electrons. The van der Waals surface area contributed by atoms with Crippen LogP contribution >= 0.6 is 0 Å². The molecule has 84 valence electrons. The van der Waals surface area contributed by atoms with Crippen LogP contribution in [0.25, 0.3) is 5.57 Å². The molecule has 1 rings (SSSR count). The smallest absolute Gasteiger partial charge is 0.172 e. The predicted octanol–water partition coefficient (Wildman–Crippen LogP) is 4.18. The van der Waals surface area contributed by atoms with E-state index in [4.69, 9.17) is 0 Å². The number of halogens is 2. The first-order valence-electron chi connectivity index (χ1n) is 5.04. The Hall–Kier alpha value is -1.40. The van der Waals surface area contributed by atoms with Crippen LogP contribution in [0.15, 0.2) is 36.4 Å². The van der Waals surface area contributed by atoms with E-state index in [9.17, 15) is 8.78 Å². The maximum atomic E-state index is 12.8. The van der Waals surface area contributed by atoms with Crippen LogP contribution in [0.5, 0.6) is 0 Å². The minimum Gasteiger partial charge on any atom is -0.172 e. The van der Waals surface area contributed by atoms with Crippen LogP contribution in [0, 0.1) is 11.5 Å². The van der Waals surface area contributed by atoms with Gasteiger partial charge in [0.1, 0.15) is 8.07 Å². The van der Waals surface area contributed by atoms with Gasteiger partial charge in [-0.25, -0.2) is 0 Å². The average molecular weight is 236 g/mol. The summed E-state index contributed by atoms with van der Waals surface area (Å²) < 4.78 is 25.5. The molecule has 1 aromatic carbocycles. The van der Waals surface area contributed by atoms with Gasteiger partial charge in [0.15, 0.2) is 0 Å². The molecule has 0 aliphatic carbocycles. The van der Waals surface area contributed by atoms with Crippen molar-refractivity contribution in [3.63, 3.8) is 0 Å². The Kier molecular flexibility index (Phi) is 4.03. The third kappa shape index (κ3) is 3.99. The van der Waals surface area contributed by atoms with Crippen molar-refractivity contribution in [2.45, 2.75) is 19.6 Å². The molecular weight excluding hydrogens is 222 g/mol. The fourth-order valence-corrected chi connectivity index (χ4v) is 1.58. The minimum absolute atomic E-state index is 0.150. The topological polar surface area (TPSA) is 0 Å². The molecule has 0 saturated heterocycles. The number of hydrogen-bond donors (Lipinski definition) is 0. The van der Waals surface area contributed by atoms with Crippen LogP contribution in [0.3, 0.4) is 0 Å². The summed E-state index contributed by atoms with van der Waals surface area (Å²) in [5.41, 5.74) is 3.28. The second kappa shape index (κ2) is 5.09. The van der Waals surface area contributed by atoms with E-state index in [-0.39, 0.29) is 5.57 Å². The molecule has 0 aliphatic rings. The van der Waals surface area contributed by atoms with E-state index in [1.165, 1.54) is 0 Å². The van der Waals surface area contributed by atoms with E-state index in [0.29, 0.717) is 5.56 Å². The summed E-state index contributed by atoms with van der Waals surface area (Å²) in [7, 11) is -1.63. The molecular formula is C13H14F2Si. The van der Waals surface area contributed by atoms with Gasteiger partial charge in [0.05, 0.1) is 5.57 Å². The van der Waals surface area contributed by atoms with Gasteiger partial charge in [-0.3, -0.25) is 0 Å². The van der Waals surface area contributed by atoms with Crippen molar-refractivity contribution in [3.8, 4) is 11.5 Å². The van der Waals surface area contributed by atoms with Crippen molar-refractivity contribution in [3.05, 3.63) is 42.0 Å². The second-order valence-electron chi connectivity index (χ2n) is 4.50. The number of allylic oxidation sites excluding steroid dienone is 1. The van der Waals surface area contributed by atoms with Crippen molar-refractivity contribution in [2.75, 3.05) is 0 Å². The van der Waals surface area contributed by atoms with Gasteiger partial charge >= 0.3 is 0 Å². The first kappa shape index (κ1) is 12.7. The standard InChI is InChI=1S/C13H14F2Si/c1-16(2,3)10-9-12(13(14)15)11-7-5-4-6-8-11/h4-8H,1-3H3. The van der Waals surface area contributed by atoms with Crippen LogP contribution in [-0.2, 0) is 0 Å². The SMILES string of the molecule is C[Si](C)(C)C#CC(=C(F)F)c1ccccc1. The largest absolute Gasteiger partial charge is 0.286 e. The van der Waals surface area contributed by atoms with Gasteiger partial charge in [-0.15, -0.1) is 5.54 Å². The van der Waals surface area contributed by atoms with Crippen LogP contribution in [0.1, 0.15) is 5.56 Å². The Balaban J connectivity index is 3.14. The van der Waals surface area contributed by atoms with E-state index < -0.39 is 14.2 Å². The highest BCUT2D eigenvalue weighted by Gasteiger charge is 2.10. The van der Waals surface area contributed by atoms with Gasteiger partial charge in [0, 0.05) is 0 Å². The lowest BCUT2D eigenvalue weighted by Crippen LogP contribution is -2.16. The molecule has 0 fully saturated rings. The molecule has 0 N–H and O–H groups in total. The maximum Gasteiger partial charge on any atom is 0.286 e. The monoisotopic (exact) mass is 236 g/mol. The fourth-order valence-electron chi connectivity index (χ4n) is 1.08. The van der Waals surface area contributed by atoms with E-state index in [0.717, 1.165) is 0 Å². The predicted molar refractivity (Wildman–Crippen MR) is 66.7 cm³/mol. The van der Waals surface area contributed by atoms with Gasteiger partial charge in [0.2, 0.25) is 0 Å². The van der Waals surface area contributed by atoms with Gasteiger partial charge in [0.25, 0.3) is 6.08 Å². The molecule has 0 saturated carbocycles. The molecule has 16 heavy (non-hydrogen) atoms. The molecule has 0 heterocycles. The van der Waals surface area contributed by atoms with Crippen LogP contribution in [-0.4, -0.2) is 8.07 Å². The van der Waals surface area contributed by atoms with Gasteiger partial charge < -0.3 is 0 Å². The Bertz CT molecular complexity index is 440. The van der Waals surface area contributed by atoms with Crippen molar-refractivity contribution in [2.24, 2.45) is 0 Å². The third-order valence-corrected chi connectivity index (χ3v) is 2.69. The van der Waals surface area contributed by atoms with E-state index in [1.807, 2.05) is 19.6 Å². The molecule has 0 aromatic heterocycles. The van der Waals surface area contributed by atoms with E-state index >= 15 is 0 Å². The highest BCUT2D eigenvalue weighted by Crippen LogP contribution is 2.19. The summed E-state index contributed by atoms with van der Waals surface area (Å²) in [5, 5.41) is 0. The van der Waals surface area contributed by atoms with Crippen molar-refractivity contribution >= 4 is 13.6 Å². The molecule has 0 spiro atoms. The normalized spacial score (nSPS) is 10.3. The van der Waals surface area contributed by atoms with Gasteiger partial charge in [-0.05, 0) is 5.56 Å². The van der Waals surface area contributed by atoms with Crippen LogP contribution < -0.4 is 0 Å². The third-order valence-electron chi connectivity index (χ3n) is 1.81. The zero-order valence-electron chi connectivity index (χ0n) is 9.64. The lowest BCUT2D eigenvalue weighted by Gasteiger charge is -2.04. The summed E-state index contributed by atoms with van der Waals surface area (Å²) in [6.07, 6.45) is -1.71. The Morgan fingerprint density at radius 3 is 2.06 bits per heavy atom. The summed E-state index contributed by atoms with van der Waals surface area (Å²) in [4.78, 5) is 0. The first-order chi connectivity index (χ1) is 7.40. The lowest BCUT2D eigenvalue weighted by molar-refractivity contribution is 0.427. The molecule has 1 aromatic rings. The van der Waals surface area contributed by atoms with Crippen molar-refractivity contribution in [1.29, 1.82) is 0 Å². The number of benzene rings is 1. The molecule has 0 nitrogen and oxygen atoms in total. The van der Waals surface area contributed by atoms with Gasteiger partial charge in [-0.1, -0.05) is 55.9 Å². The highest BCUT2D eigenvalue weighted by atomic mass is 28.3. The van der Waals surface area contributed by atoms with E-state index in [2.05, 4.69) is 11.5 Å². The summed E-state index contributed by atoms with van der Waals surface area (Å²) in [6, 6.07) is 8.55. The molecule has 0 aliphatic heterocycles. The molecule has 0 atom stereocenters. The van der Waals surface area contributed by atoms with Crippen LogP contribution in [0.4, 0.5) is 8.78 Å². The fraction of sp³-hybridized carbons (Fsp3) is 0.231. The first-order valence-corrected chi connectivity index (χ1v) is 8.54. The lowest BCUT2D eigenvalue weighted by atomic mass is 10.1. The van der Waals surface area contributed by atoms with E-state index in [1.54, 1.807) is 30.3 Å². The Morgan fingerprint density at radius 1 is 1.06 bits per heavy atom. The number of rotatable bonds is 1. The second-order valence-corrected chi connectivity index (χ2v) is 9.25.